The number of hydrogen-bond donors (Lipinski definition) is 18. The fraction of sp³-hybridized carbons (Fsp3) is 0.220. The third kappa shape index (κ3) is 13.4. The zero-order chi connectivity index (χ0) is 52.3. The largest absolute Gasteiger partial charge is 0.370 e. The Morgan fingerprint density at radius 2 is 1.04 bits per heavy atom. The van der Waals surface area contributed by atoms with E-state index in [4.69, 9.17) is 57.3 Å². The molecule has 0 heterocycles. The molecule has 0 aliphatic heterocycles. The maximum Gasteiger partial charge on any atom is 0.270 e. The SMILES string of the molecule is NC(=O)C(N)NC(=O)C(N=C(N)N)NC(=O)C(N=C(N)N)NC(=O)C(N=C(N)N)NC(=O)C(N=C(N)N)NC(=O)C(NC(=O)C(O)NC(=O)C1=CC=C2C=CC3=C4C(=CC=C1C24)C=CC3)c1ccccc1. The Balaban J connectivity index is 1.32. The van der Waals surface area contributed by atoms with Gasteiger partial charge in [-0.1, -0.05) is 72.9 Å². The van der Waals surface area contributed by atoms with Gasteiger partial charge in [0, 0.05) is 11.5 Å². The lowest BCUT2D eigenvalue weighted by molar-refractivity contribution is -0.138. The molecule has 71 heavy (non-hydrogen) atoms. The highest BCUT2D eigenvalue weighted by molar-refractivity contribution is 6.03. The summed E-state index contributed by atoms with van der Waals surface area (Å²) in [5, 5.41) is 25.8. The number of hydrogen-bond acceptors (Lipinski definition) is 14. The fourth-order valence-electron chi connectivity index (χ4n) is 7.12. The van der Waals surface area contributed by atoms with Crippen LogP contribution < -0.4 is 94.6 Å². The second-order valence-corrected chi connectivity index (χ2v) is 15.3. The van der Waals surface area contributed by atoms with Crippen molar-refractivity contribution in [3.05, 3.63) is 118 Å². The number of aliphatic hydroxyl groups is 1. The van der Waals surface area contributed by atoms with Crippen LogP contribution in [0.15, 0.2) is 132 Å². The van der Waals surface area contributed by atoms with Gasteiger partial charge >= 0.3 is 0 Å². The molecule has 1 aromatic rings. The maximum absolute atomic E-state index is 14.0. The van der Waals surface area contributed by atoms with Crippen molar-refractivity contribution in [1.82, 2.24) is 37.2 Å². The quantitative estimate of drug-likeness (QED) is 0.0328. The van der Waals surface area contributed by atoms with Crippen molar-refractivity contribution >= 4 is 71.1 Å². The topological polar surface area (TPSA) is 551 Å². The first kappa shape index (κ1) is 52.1. The number of aliphatic hydroxyl groups excluding tert-OH is 1. The highest BCUT2D eigenvalue weighted by Crippen LogP contribution is 2.48. The summed E-state index contributed by atoms with van der Waals surface area (Å²) in [6.07, 6.45) is 3.26. The molecule has 30 nitrogen and oxygen atoms in total. The van der Waals surface area contributed by atoms with Crippen LogP contribution in [-0.4, -0.2) is 113 Å². The molecular weight excluding hydrogens is 931 g/mol. The van der Waals surface area contributed by atoms with Crippen LogP contribution in [0.3, 0.4) is 0 Å². The number of nitrogens with one attached hydrogen (secondary N) is 7. The Hall–Kier alpha value is -9.84. The third-order valence-electron chi connectivity index (χ3n) is 10.2. The van der Waals surface area contributed by atoms with E-state index in [2.05, 4.69) is 41.2 Å². The second kappa shape index (κ2) is 22.8. The average molecular weight is 982 g/mol. The molecule has 30 heteroatoms. The summed E-state index contributed by atoms with van der Waals surface area (Å²) in [6, 6.07) is 5.68. The molecule has 1 aromatic carbocycles. The zero-order valence-electron chi connectivity index (χ0n) is 37.1. The molecule has 0 radical (unpaired) electrons. The Bertz CT molecular complexity index is 2720. The van der Waals surface area contributed by atoms with E-state index in [0.29, 0.717) is 12.0 Å². The molecule has 0 saturated heterocycles. The van der Waals surface area contributed by atoms with Crippen LogP contribution in [0.1, 0.15) is 18.0 Å². The van der Waals surface area contributed by atoms with Gasteiger partial charge in [-0.15, -0.1) is 0 Å². The molecule has 0 fully saturated rings. The Labute approximate surface area is 401 Å². The van der Waals surface area contributed by atoms with Crippen molar-refractivity contribution in [2.45, 2.75) is 49.5 Å². The normalized spacial score (nSPS) is 17.7. The summed E-state index contributed by atoms with van der Waals surface area (Å²) in [4.78, 5) is 121. The number of aliphatic imine (C=N–C) groups is 4. The van der Waals surface area contributed by atoms with Gasteiger partial charge in [-0.2, -0.15) is 0 Å². The molecule has 0 saturated carbocycles. The monoisotopic (exact) mass is 981 g/mol. The molecular formula is C41H51N21O9. The standard InChI is InChI=1S/C41H51N21O9/c42-24(25(43)63)53-32(66)26(58-38(44)45)55-34(68)28(60-40(48)49)57-35(69)29(61-41(50)51)56-33(67)27(59-39(46)47)54-31(65)23(18-5-2-1-3-6-18)52-36(70)37(71)62-30(64)20-14-12-17-10-9-15-7-4-8-16-11-13-19(20)22(17)21(15)16/h1-6,8-14,22-24,26-29,37,71H,7,42H2,(H2,43,63)(H,52,70)(H,53,66)(H,54,65)(H,55,68)(H,56,67)(H,57,69)(H,62,64)(H4,44,45,58)(H4,46,47,59)(H4,48,49,60)(H4,50,51,61). The summed E-state index contributed by atoms with van der Waals surface area (Å²) < 4.78 is 0. The van der Waals surface area contributed by atoms with Gasteiger partial charge in [0.05, 0.1) is 0 Å². The van der Waals surface area contributed by atoms with Crippen LogP contribution in [0.2, 0.25) is 0 Å². The van der Waals surface area contributed by atoms with Gasteiger partial charge in [0.1, 0.15) is 6.04 Å². The lowest BCUT2D eigenvalue weighted by atomic mass is 9.67. The molecule has 8 unspecified atom stereocenters. The highest BCUT2D eigenvalue weighted by Gasteiger charge is 2.38. The predicted octanol–water partition coefficient (Wildman–Crippen LogP) is -8.80. The van der Waals surface area contributed by atoms with E-state index in [9.17, 15) is 43.5 Å². The molecule has 8 atom stereocenters. The minimum absolute atomic E-state index is 0.0939. The molecule has 0 aromatic heterocycles. The summed E-state index contributed by atoms with van der Waals surface area (Å²) >= 11 is 0. The van der Waals surface area contributed by atoms with Crippen LogP contribution in [0.25, 0.3) is 0 Å². The van der Waals surface area contributed by atoms with Crippen molar-refractivity contribution < 1.29 is 43.5 Å². The third-order valence-corrected chi connectivity index (χ3v) is 10.2. The van der Waals surface area contributed by atoms with E-state index in [0.717, 1.165) is 22.3 Å². The van der Waals surface area contributed by atoms with Crippen LogP contribution in [0.4, 0.5) is 0 Å². The number of benzene rings is 1. The first-order valence-electron chi connectivity index (χ1n) is 20.7. The van der Waals surface area contributed by atoms with E-state index < -0.39 is 114 Å². The van der Waals surface area contributed by atoms with E-state index in [1.165, 1.54) is 24.3 Å². The van der Waals surface area contributed by atoms with E-state index >= 15 is 0 Å². The highest BCUT2D eigenvalue weighted by atomic mass is 16.3. The van der Waals surface area contributed by atoms with Gasteiger partial charge in [0.2, 0.25) is 36.8 Å². The van der Waals surface area contributed by atoms with E-state index in [-0.39, 0.29) is 17.1 Å². The Morgan fingerprint density at radius 3 is 1.54 bits per heavy atom. The molecule has 374 valence electrons. The second-order valence-electron chi connectivity index (χ2n) is 15.3. The number of primary amides is 1. The number of carbonyl (C=O) groups is 8. The number of nitrogens with two attached hydrogens (primary N) is 10. The fourth-order valence-corrected chi connectivity index (χ4v) is 7.12. The van der Waals surface area contributed by atoms with E-state index in [1.807, 2.05) is 46.3 Å². The first-order chi connectivity index (χ1) is 33.5. The van der Waals surface area contributed by atoms with Gasteiger partial charge in [0.15, 0.2) is 30.0 Å². The molecule has 8 amide bonds. The molecule has 5 rings (SSSR count). The lowest BCUT2D eigenvalue weighted by Gasteiger charge is -2.36. The smallest absolute Gasteiger partial charge is 0.270 e. The summed E-state index contributed by atoms with van der Waals surface area (Å²) in [6.45, 7) is 0. The first-order valence-corrected chi connectivity index (χ1v) is 20.7. The predicted molar refractivity (Wildman–Crippen MR) is 253 cm³/mol. The minimum atomic E-state index is -2.23. The molecule has 0 bridgehead atoms. The van der Waals surface area contributed by atoms with Crippen molar-refractivity contribution in [3.8, 4) is 0 Å². The number of amides is 8. The van der Waals surface area contributed by atoms with Gasteiger partial charge in [-0.05, 0) is 45.9 Å². The summed E-state index contributed by atoms with van der Waals surface area (Å²) in [7, 11) is 0. The van der Waals surface area contributed by atoms with Gasteiger partial charge in [-0.3, -0.25) is 38.4 Å². The number of carbonyl (C=O) groups excluding carboxylic acids is 8. The minimum Gasteiger partial charge on any atom is -0.370 e. The number of allylic oxidation sites excluding steroid dienone is 12. The van der Waals surface area contributed by atoms with Crippen LogP contribution in [-0.2, 0) is 38.4 Å². The number of nitrogens with zero attached hydrogens (tertiary/aromatic N) is 4. The molecule has 4 aliphatic rings. The maximum atomic E-state index is 14.0. The summed E-state index contributed by atoms with van der Waals surface area (Å²) in [5.74, 6) is -13.4. The van der Waals surface area contributed by atoms with Crippen molar-refractivity contribution in [2.24, 2.45) is 83.2 Å². The Kier molecular flexibility index (Phi) is 16.7. The zero-order valence-corrected chi connectivity index (χ0v) is 37.1. The van der Waals surface area contributed by atoms with Crippen LogP contribution in [0.5, 0.6) is 0 Å². The number of rotatable bonds is 20. The van der Waals surface area contributed by atoms with Gasteiger partial charge in [-0.25, -0.2) is 20.0 Å². The van der Waals surface area contributed by atoms with Gasteiger partial charge < -0.3 is 99.7 Å². The molecule has 0 spiro atoms. The van der Waals surface area contributed by atoms with E-state index in [1.54, 1.807) is 24.3 Å². The number of guanidine groups is 4. The van der Waals surface area contributed by atoms with Crippen molar-refractivity contribution in [1.29, 1.82) is 0 Å². The lowest BCUT2D eigenvalue weighted by Crippen LogP contribution is -2.60. The summed E-state index contributed by atoms with van der Waals surface area (Å²) in [5.41, 5.74) is 59.4. The molecule has 4 aliphatic carbocycles. The van der Waals surface area contributed by atoms with Crippen molar-refractivity contribution in [2.75, 3.05) is 0 Å². The Morgan fingerprint density at radius 1 is 0.549 bits per heavy atom. The average Bonchev–Trinajstić information content (AvgIpc) is 3.30. The van der Waals surface area contributed by atoms with Crippen LogP contribution in [0, 0.1) is 5.92 Å². The molecule has 28 N–H and O–H groups in total. The van der Waals surface area contributed by atoms with Gasteiger partial charge in [0.25, 0.3) is 41.4 Å². The van der Waals surface area contributed by atoms with Crippen LogP contribution >= 0.6 is 0 Å². The van der Waals surface area contributed by atoms with Crippen molar-refractivity contribution in [3.63, 3.8) is 0 Å².